The molecule has 4 nitrogen and oxygen atoms in total. The Balaban J connectivity index is 1.90. The number of hydrogen-bond donors (Lipinski definition) is 0. The zero-order chi connectivity index (χ0) is 20.6. The minimum atomic E-state index is -3.50. The summed E-state index contributed by atoms with van der Waals surface area (Å²) in [6, 6.07) is 19.7. The van der Waals surface area contributed by atoms with Gasteiger partial charge in [-0.1, -0.05) is 72.8 Å². The molecule has 0 unspecified atom stereocenters. The highest BCUT2D eigenvalue weighted by molar-refractivity contribution is 7.88. The van der Waals surface area contributed by atoms with Crippen LogP contribution in [0.5, 0.6) is 0 Å². The quantitative estimate of drug-likeness (QED) is 0.712. The lowest BCUT2D eigenvalue weighted by atomic mass is 9.69. The van der Waals surface area contributed by atoms with Crippen molar-refractivity contribution in [3.8, 4) is 0 Å². The van der Waals surface area contributed by atoms with Crippen LogP contribution in [0, 0.1) is 5.92 Å². The van der Waals surface area contributed by atoms with Gasteiger partial charge in [0.1, 0.15) is 5.78 Å². The monoisotopic (exact) mass is 407 g/mol. The molecule has 2 aliphatic rings. The summed E-state index contributed by atoms with van der Waals surface area (Å²) in [5.74, 6) is -0.327. The molecule has 0 saturated heterocycles. The molecular weight excluding hydrogens is 382 g/mol. The number of Topliss-reactive ketones (excluding diaryl/α,β-unsaturated/α-hetero) is 1. The number of benzene rings is 2. The average molecular weight is 408 g/mol. The molecule has 29 heavy (non-hydrogen) atoms. The molecule has 0 fully saturated rings. The molecule has 0 radical (unpaired) electrons. The van der Waals surface area contributed by atoms with Crippen LogP contribution in [0.1, 0.15) is 36.3 Å². The molecule has 2 aromatic rings. The van der Waals surface area contributed by atoms with E-state index in [1.165, 1.54) is 10.6 Å². The molecule has 0 saturated carbocycles. The maximum Gasteiger partial charge on any atom is 0.232 e. The van der Waals surface area contributed by atoms with E-state index in [0.717, 1.165) is 16.7 Å². The molecule has 0 N–H and O–H groups in total. The van der Waals surface area contributed by atoms with Crippen LogP contribution in [-0.4, -0.2) is 30.8 Å². The van der Waals surface area contributed by atoms with Gasteiger partial charge in [0.05, 0.1) is 12.3 Å². The van der Waals surface area contributed by atoms with E-state index in [1.807, 2.05) is 42.5 Å². The van der Waals surface area contributed by atoms with Gasteiger partial charge in [-0.2, -0.15) is 0 Å². The fourth-order valence-corrected chi connectivity index (χ4v) is 5.59. The van der Waals surface area contributed by atoms with Crippen molar-refractivity contribution in [2.24, 2.45) is 5.92 Å². The molecule has 4 rings (SSSR count). The zero-order valence-electron chi connectivity index (χ0n) is 16.6. The van der Waals surface area contributed by atoms with E-state index in [2.05, 4.69) is 30.3 Å². The third-order valence-electron chi connectivity index (χ3n) is 5.97. The van der Waals surface area contributed by atoms with Crippen LogP contribution < -0.4 is 0 Å². The number of ketones is 1. The van der Waals surface area contributed by atoms with E-state index >= 15 is 0 Å². The Hall–Kier alpha value is -2.66. The summed E-state index contributed by atoms with van der Waals surface area (Å²) in [5, 5.41) is 0. The molecule has 0 spiro atoms. The fraction of sp³-hybridized carbons (Fsp3) is 0.292. The molecule has 4 atom stereocenters. The van der Waals surface area contributed by atoms with Crippen LogP contribution in [0.2, 0.25) is 0 Å². The second-order valence-electron chi connectivity index (χ2n) is 7.90. The highest BCUT2D eigenvalue weighted by Gasteiger charge is 2.44. The molecule has 0 bridgehead atoms. The van der Waals surface area contributed by atoms with Gasteiger partial charge in [-0.15, -0.1) is 0 Å². The van der Waals surface area contributed by atoms with Crippen molar-refractivity contribution in [2.75, 3.05) is 6.26 Å². The zero-order valence-corrected chi connectivity index (χ0v) is 17.4. The highest BCUT2D eigenvalue weighted by atomic mass is 32.2. The number of nitrogens with zero attached hydrogens (tertiary/aromatic N) is 1. The SMILES string of the molecule is CC(=O)[C@H]1C[C@@H](c2ccccc2)C=C2[C@H](c3ccccc3)C=CN(S(C)(=O)=O)[C@H]21. The van der Waals surface area contributed by atoms with Crippen molar-refractivity contribution < 1.29 is 13.2 Å². The lowest BCUT2D eigenvalue weighted by Crippen LogP contribution is -2.49. The molecule has 1 aliphatic carbocycles. The number of sulfonamides is 1. The molecule has 2 aromatic carbocycles. The predicted octanol–water partition coefficient (Wildman–Crippen LogP) is 4.25. The van der Waals surface area contributed by atoms with Crippen LogP contribution in [0.3, 0.4) is 0 Å². The smallest absolute Gasteiger partial charge is 0.232 e. The van der Waals surface area contributed by atoms with Crippen LogP contribution in [0.25, 0.3) is 0 Å². The van der Waals surface area contributed by atoms with E-state index < -0.39 is 16.1 Å². The summed E-state index contributed by atoms with van der Waals surface area (Å²) in [6.07, 6.45) is 7.59. The maximum atomic E-state index is 12.7. The first kappa shape index (κ1) is 19.6. The number of fused-ring (bicyclic) bond motifs is 1. The first-order valence-electron chi connectivity index (χ1n) is 9.85. The van der Waals surface area contributed by atoms with E-state index in [0.29, 0.717) is 6.42 Å². The number of allylic oxidation sites excluding steroid dienone is 2. The summed E-state index contributed by atoms with van der Waals surface area (Å²) >= 11 is 0. The first-order valence-corrected chi connectivity index (χ1v) is 11.7. The Kier molecular flexibility index (Phi) is 5.17. The van der Waals surface area contributed by atoms with Crippen LogP contribution >= 0.6 is 0 Å². The molecule has 0 amide bonds. The largest absolute Gasteiger partial charge is 0.300 e. The Labute approximate surface area is 172 Å². The van der Waals surface area contributed by atoms with Gasteiger partial charge >= 0.3 is 0 Å². The Morgan fingerprint density at radius 1 is 0.966 bits per heavy atom. The van der Waals surface area contributed by atoms with Crippen molar-refractivity contribution in [2.45, 2.75) is 31.2 Å². The summed E-state index contributed by atoms with van der Waals surface area (Å²) in [4.78, 5) is 12.7. The molecule has 5 heteroatoms. The Bertz CT molecular complexity index is 1060. The van der Waals surface area contributed by atoms with E-state index in [1.54, 1.807) is 13.1 Å². The van der Waals surface area contributed by atoms with Gasteiger partial charge in [0.25, 0.3) is 0 Å². The summed E-state index contributed by atoms with van der Waals surface area (Å²) in [6.45, 7) is 1.58. The minimum Gasteiger partial charge on any atom is -0.300 e. The summed E-state index contributed by atoms with van der Waals surface area (Å²) < 4.78 is 26.5. The topological polar surface area (TPSA) is 54.5 Å². The number of carbonyl (C=O) groups is 1. The fourth-order valence-electron chi connectivity index (χ4n) is 4.62. The predicted molar refractivity (Wildman–Crippen MR) is 115 cm³/mol. The molecular formula is C24H25NO3S. The molecule has 0 aromatic heterocycles. The third-order valence-corrected chi connectivity index (χ3v) is 7.09. The van der Waals surface area contributed by atoms with Crippen LogP contribution in [0.15, 0.2) is 84.6 Å². The van der Waals surface area contributed by atoms with Crippen LogP contribution in [-0.2, 0) is 14.8 Å². The Morgan fingerprint density at radius 3 is 2.10 bits per heavy atom. The van der Waals surface area contributed by atoms with Crippen LogP contribution in [0.4, 0.5) is 0 Å². The van der Waals surface area contributed by atoms with Gasteiger partial charge in [-0.25, -0.2) is 8.42 Å². The lowest BCUT2D eigenvalue weighted by molar-refractivity contribution is -0.122. The van der Waals surface area contributed by atoms with E-state index in [-0.39, 0.29) is 23.5 Å². The highest BCUT2D eigenvalue weighted by Crippen LogP contribution is 2.46. The van der Waals surface area contributed by atoms with Gasteiger partial charge in [-0.3, -0.25) is 9.10 Å². The second-order valence-corrected chi connectivity index (χ2v) is 9.79. The minimum absolute atomic E-state index is 0.0253. The first-order chi connectivity index (χ1) is 13.9. The number of carbonyl (C=O) groups excluding carboxylic acids is 1. The van der Waals surface area contributed by atoms with Crippen molar-refractivity contribution in [1.82, 2.24) is 4.31 Å². The maximum absolute atomic E-state index is 12.7. The van der Waals surface area contributed by atoms with Gasteiger partial charge in [0.2, 0.25) is 10.0 Å². The average Bonchev–Trinajstić information content (AvgIpc) is 2.72. The second kappa shape index (κ2) is 7.64. The van der Waals surface area contributed by atoms with E-state index in [4.69, 9.17) is 0 Å². The van der Waals surface area contributed by atoms with Crippen molar-refractivity contribution in [3.63, 3.8) is 0 Å². The van der Waals surface area contributed by atoms with Gasteiger partial charge < -0.3 is 0 Å². The molecule has 1 heterocycles. The van der Waals surface area contributed by atoms with Gasteiger partial charge in [0.15, 0.2) is 0 Å². The van der Waals surface area contributed by atoms with E-state index in [9.17, 15) is 13.2 Å². The van der Waals surface area contributed by atoms with Crippen molar-refractivity contribution in [3.05, 3.63) is 95.7 Å². The van der Waals surface area contributed by atoms with Gasteiger partial charge in [-0.05, 0) is 30.0 Å². The number of rotatable bonds is 4. The third kappa shape index (κ3) is 3.79. The molecule has 1 aliphatic heterocycles. The lowest BCUT2D eigenvalue weighted by Gasteiger charge is -2.45. The normalized spacial score (nSPS) is 26.6. The number of hydrogen-bond acceptors (Lipinski definition) is 3. The van der Waals surface area contributed by atoms with Gasteiger partial charge in [0, 0.05) is 24.0 Å². The van der Waals surface area contributed by atoms with Crippen molar-refractivity contribution in [1.29, 1.82) is 0 Å². The molecule has 150 valence electrons. The Morgan fingerprint density at radius 2 is 1.55 bits per heavy atom. The summed E-state index contributed by atoms with van der Waals surface area (Å²) in [5.41, 5.74) is 3.24. The van der Waals surface area contributed by atoms with Crippen molar-refractivity contribution >= 4 is 15.8 Å². The standard InChI is InChI=1S/C24H25NO3S/c1-17(26)22-15-20(18-9-5-3-6-10-18)16-23-21(19-11-7-4-8-12-19)13-14-25(24(22)23)29(2,27)28/h3-14,16,20-22,24H,15H2,1-2H3/t20-,21+,22-,24+/m1/s1. The summed E-state index contributed by atoms with van der Waals surface area (Å²) in [7, 11) is -3.50.